The van der Waals surface area contributed by atoms with Crippen LogP contribution >= 0.6 is 36.4 Å². The highest BCUT2D eigenvalue weighted by atomic mass is 35.5. The van der Waals surface area contributed by atoms with Crippen molar-refractivity contribution in [3.63, 3.8) is 0 Å². The molecule has 1 atom stereocenters. The summed E-state index contributed by atoms with van der Waals surface area (Å²) in [5.41, 5.74) is 6.80. The molecule has 25 heavy (non-hydrogen) atoms. The third-order valence-corrected chi connectivity index (χ3v) is 4.13. The molecule has 0 bridgehead atoms. The van der Waals surface area contributed by atoms with Gasteiger partial charge >= 0.3 is 0 Å². The Kier molecular flexibility index (Phi) is 14.1. The van der Waals surface area contributed by atoms with Crippen molar-refractivity contribution in [2.75, 3.05) is 32.6 Å². The van der Waals surface area contributed by atoms with Crippen LogP contribution in [0.15, 0.2) is 18.2 Å². The van der Waals surface area contributed by atoms with Crippen molar-refractivity contribution in [1.82, 2.24) is 4.90 Å². The zero-order chi connectivity index (χ0) is 17.4. The Morgan fingerprint density at radius 3 is 2.56 bits per heavy atom. The Hall–Kier alpha value is -0.880. The Bertz CT molecular complexity index is 516. The largest absolute Gasteiger partial charge is 0.495 e. The molecule has 0 aliphatic carbocycles. The number of carbonyl (C=O) groups is 1. The Balaban J connectivity index is 0. The van der Waals surface area contributed by atoms with Crippen LogP contribution in [0.25, 0.3) is 0 Å². The normalized spacial score (nSPS) is 11.2. The number of carbonyl (C=O) groups excluding carboxylic acids is 1. The Labute approximate surface area is 168 Å². The molecule has 1 aromatic carbocycles. The number of methoxy groups -OCH3 is 1. The van der Waals surface area contributed by atoms with Gasteiger partial charge in [0.15, 0.2) is 0 Å². The predicted molar refractivity (Wildman–Crippen MR) is 111 cm³/mol. The molecule has 0 fully saturated rings. The third-order valence-electron chi connectivity index (χ3n) is 3.90. The third kappa shape index (κ3) is 9.40. The second-order valence-corrected chi connectivity index (χ2v) is 6.47. The molecule has 0 saturated heterocycles. The number of halogens is 3. The summed E-state index contributed by atoms with van der Waals surface area (Å²) in [6.45, 7) is 5.39. The van der Waals surface area contributed by atoms with Crippen LogP contribution in [-0.4, -0.2) is 44.1 Å². The first-order valence-electron chi connectivity index (χ1n) is 7.92. The maximum atomic E-state index is 12.1. The lowest BCUT2D eigenvalue weighted by Gasteiger charge is -2.22. The van der Waals surface area contributed by atoms with E-state index in [-0.39, 0.29) is 36.8 Å². The summed E-state index contributed by atoms with van der Waals surface area (Å²) >= 11 is 5.98. The fourth-order valence-corrected chi connectivity index (χ4v) is 2.29. The lowest BCUT2D eigenvalue weighted by Crippen LogP contribution is -2.35. The van der Waals surface area contributed by atoms with E-state index in [4.69, 9.17) is 22.1 Å². The van der Waals surface area contributed by atoms with Crippen LogP contribution in [0.5, 0.6) is 5.75 Å². The molecule has 1 unspecified atom stereocenters. The maximum Gasteiger partial charge on any atom is 0.224 e. The number of ether oxygens (including phenoxy) is 1. The molecule has 8 heteroatoms. The minimum absolute atomic E-state index is 0. The van der Waals surface area contributed by atoms with Crippen LogP contribution in [-0.2, 0) is 4.79 Å². The number of hydrogen-bond acceptors (Lipinski definition) is 4. The molecule has 1 rings (SSSR count). The van der Waals surface area contributed by atoms with Gasteiger partial charge in [-0.25, -0.2) is 0 Å². The number of rotatable bonds is 9. The molecular formula is C17H30Cl3N3O2. The van der Waals surface area contributed by atoms with Gasteiger partial charge in [0.25, 0.3) is 0 Å². The highest BCUT2D eigenvalue weighted by molar-refractivity contribution is 6.30. The van der Waals surface area contributed by atoms with Gasteiger partial charge in [0.2, 0.25) is 5.91 Å². The number of nitrogens with zero attached hydrogens (tertiary/aromatic N) is 1. The van der Waals surface area contributed by atoms with Gasteiger partial charge in [-0.3, -0.25) is 4.79 Å². The summed E-state index contributed by atoms with van der Waals surface area (Å²) in [6.07, 6.45) is 1.22. The first-order valence-corrected chi connectivity index (χ1v) is 8.30. The van der Waals surface area contributed by atoms with Gasteiger partial charge in [0, 0.05) is 37.6 Å². The molecule has 0 radical (unpaired) electrons. The highest BCUT2D eigenvalue weighted by Crippen LogP contribution is 2.27. The zero-order valence-corrected chi connectivity index (χ0v) is 17.6. The number of hydrogen-bond donors (Lipinski definition) is 2. The van der Waals surface area contributed by atoms with Gasteiger partial charge in [-0.1, -0.05) is 25.4 Å². The molecule has 0 aliphatic heterocycles. The average Bonchev–Trinajstić information content (AvgIpc) is 2.52. The fraction of sp³-hybridized carbons (Fsp3) is 0.588. The molecule has 146 valence electrons. The molecule has 1 aromatic rings. The lowest BCUT2D eigenvalue weighted by molar-refractivity contribution is -0.129. The van der Waals surface area contributed by atoms with Gasteiger partial charge < -0.3 is 20.7 Å². The number of nitrogens with two attached hydrogens (primary N) is 1. The second kappa shape index (κ2) is 13.3. The molecule has 5 nitrogen and oxygen atoms in total. The van der Waals surface area contributed by atoms with Crippen molar-refractivity contribution in [1.29, 1.82) is 0 Å². The molecule has 0 heterocycles. The predicted octanol–water partition coefficient (Wildman–Crippen LogP) is 3.83. The number of amides is 1. The van der Waals surface area contributed by atoms with E-state index in [1.165, 1.54) is 0 Å². The Morgan fingerprint density at radius 2 is 2.00 bits per heavy atom. The summed E-state index contributed by atoms with van der Waals surface area (Å²) in [5, 5.41) is 3.82. The van der Waals surface area contributed by atoms with Gasteiger partial charge in [-0.2, -0.15) is 0 Å². The summed E-state index contributed by atoms with van der Waals surface area (Å²) in [5.74, 6) is 1.23. The van der Waals surface area contributed by atoms with Crippen molar-refractivity contribution in [2.24, 2.45) is 11.7 Å². The summed E-state index contributed by atoms with van der Waals surface area (Å²) in [7, 11) is 3.42. The van der Waals surface area contributed by atoms with Crippen molar-refractivity contribution in [2.45, 2.75) is 32.7 Å². The average molecular weight is 415 g/mol. The minimum Gasteiger partial charge on any atom is -0.495 e. The van der Waals surface area contributed by atoms with Crippen LogP contribution in [0.3, 0.4) is 0 Å². The van der Waals surface area contributed by atoms with Gasteiger partial charge in [0.1, 0.15) is 5.75 Å². The van der Waals surface area contributed by atoms with Crippen LogP contribution in [0, 0.1) is 5.92 Å². The molecule has 3 N–H and O–H groups in total. The van der Waals surface area contributed by atoms with Crippen LogP contribution < -0.4 is 15.8 Å². The second-order valence-electron chi connectivity index (χ2n) is 6.03. The number of anilines is 1. The molecular weight excluding hydrogens is 385 g/mol. The molecule has 0 spiro atoms. The zero-order valence-electron chi connectivity index (χ0n) is 15.3. The molecule has 0 aliphatic rings. The van der Waals surface area contributed by atoms with E-state index in [9.17, 15) is 4.79 Å². The molecule has 1 amide bonds. The standard InChI is InChI=1S/C17H28ClN3O2.2ClH/c1-12(2)14(19)8-10-21(3)17(22)7-9-20-15-11-13(18)5-6-16(15)23-4;;/h5-6,11-12,14,20H,7-10,19H2,1-4H3;2*1H. The minimum atomic E-state index is 0. The van der Waals surface area contributed by atoms with Gasteiger partial charge in [-0.15, -0.1) is 24.8 Å². The number of nitrogens with one attached hydrogen (secondary N) is 1. The number of benzene rings is 1. The summed E-state index contributed by atoms with van der Waals surface area (Å²) < 4.78 is 5.26. The van der Waals surface area contributed by atoms with Crippen LogP contribution in [0.4, 0.5) is 5.69 Å². The smallest absolute Gasteiger partial charge is 0.224 e. The van der Waals surface area contributed by atoms with Crippen molar-refractivity contribution in [3.05, 3.63) is 23.2 Å². The van der Waals surface area contributed by atoms with Crippen molar-refractivity contribution >= 4 is 48.0 Å². The monoisotopic (exact) mass is 413 g/mol. The van der Waals surface area contributed by atoms with Crippen molar-refractivity contribution < 1.29 is 9.53 Å². The van der Waals surface area contributed by atoms with E-state index in [0.717, 1.165) is 12.1 Å². The maximum absolute atomic E-state index is 12.1. The van der Waals surface area contributed by atoms with Crippen molar-refractivity contribution in [3.8, 4) is 5.75 Å². The van der Waals surface area contributed by atoms with Gasteiger partial charge in [-0.05, 0) is 30.5 Å². The van der Waals surface area contributed by atoms with E-state index in [1.807, 2.05) is 7.05 Å². The van der Waals surface area contributed by atoms with Gasteiger partial charge in [0.05, 0.1) is 12.8 Å². The van der Waals surface area contributed by atoms with E-state index in [1.54, 1.807) is 30.2 Å². The molecule has 0 aromatic heterocycles. The van der Waals surface area contributed by atoms with Crippen LogP contribution in [0.2, 0.25) is 5.02 Å². The first kappa shape index (κ1) is 26.4. The molecule has 0 saturated carbocycles. The highest BCUT2D eigenvalue weighted by Gasteiger charge is 2.13. The van der Waals surface area contributed by atoms with E-state index < -0.39 is 0 Å². The Morgan fingerprint density at radius 1 is 1.36 bits per heavy atom. The summed E-state index contributed by atoms with van der Waals surface area (Å²) in [4.78, 5) is 13.9. The van der Waals surface area contributed by atoms with Crippen LogP contribution in [0.1, 0.15) is 26.7 Å². The lowest BCUT2D eigenvalue weighted by atomic mass is 10.0. The van der Waals surface area contributed by atoms with E-state index >= 15 is 0 Å². The quantitative estimate of drug-likeness (QED) is 0.644. The fourth-order valence-electron chi connectivity index (χ4n) is 2.11. The first-order chi connectivity index (χ1) is 10.8. The van der Waals surface area contributed by atoms with E-state index in [2.05, 4.69) is 19.2 Å². The SMILES string of the molecule is COc1ccc(Cl)cc1NCCC(=O)N(C)CCC(N)C(C)C.Cl.Cl. The summed E-state index contributed by atoms with van der Waals surface area (Å²) in [6, 6.07) is 5.48. The topological polar surface area (TPSA) is 67.6 Å². The van der Waals surface area contributed by atoms with E-state index in [0.29, 0.717) is 36.2 Å².